The molecule has 0 saturated carbocycles. The van der Waals surface area contributed by atoms with E-state index in [-0.39, 0.29) is 11.9 Å². The molecule has 1 unspecified atom stereocenters. The van der Waals surface area contributed by atoms with Gasteiger partial charge in [-0.1, -0.05) is 12.1 Å². The second kappa shape index (κ2) is 7.41. The van der Waals surface area contributed by atoms with Crippen molar-refractivity contribution in [2.24, 2.45) is 0 Å². The lowest BCUT2D eigenvalue weighted by Crippen LogP contribution is -2.26. The molecule has 0 aliphatic rings. The molecule has 1 aromatic heterocycles. The van der Waals surface area contributed by atoms with E-state index in [0.29, 0.717) is 6.42 Å². The molecule has 1 aromatic carbocycles. The van der Waals surface area contributed by atoms with Gasteiger partial charge in [-0.05, 0) is 30.7 Å². The molecule has 4 nitrogen and oxygen atoms in total. The lowest BCUT2D eigenvalue weighted by Gasteiger charge is -2.19. The Morgan fingerprint density at radius 2 is 2.15 bits per heavy atom. The Balaban J connectivity index is 2.03. The predicted molar refractivity (Wildman–Crippen MR) is 74.2 cm³/mol. The highest BCUT2D eigenvalue weighted by molar-refractivity contribution is 5.20. The molecule has 0 aliphatic carbocycles. The zero-order valence-electron chi connectivity index (χ0n) is 11.2. The van der Waals surface area contributed by atoms with Crippen LogP contribution in [0.1, 0.15) is 24.4 Å². The van der Waals surface area contributed by atoms with Crippen molar-refractivity contribution in [1.29, 1.82) is 5.26 Å². The number of aromatic nitrogens is 2. The van der Waals surface area contributed by atoms with Crippen LogP contribution in [-0.2, 0) is 6.54 Å². The van der Waals surface area contributed by atoms with Gasteiger partial charge in [0.15, 0.2) is 0 Å². The van der Waals surface area contributed by atoms with Gasteiger partial charge in [-0.2, -0.15) is 5.26 Å². The Hall–Kier alpha value is -2.19. The average Bonchev–Trinajstić information content (AvgIpc) is 2.96. The van der Waals surface area contributed by atoms with Gasteiger partial charge in [0.05, 0.1) is 18.4 Å². The molecule has 20 heavy (non-hydrogen) atoms. The lowest BCUT2D eigenvalue weighted by molar-refractivity contribution is 0.459. The monoisotopic (exact) mass is 272 g/mol. The van der Waals surface area contributed by atoms with Gasteiger partial charge in [0.25, 0.3) is 0 Å². The first-order chi connectivity index (χ1) is 9.79. The zero-order valence-corrected chi connectivity index (χ0v) is 11.2. The van der Waals surface area contributed by atoms with Gasteiger partial charge in [-0.3, -0.25) is 0 Å². The highest BCUT2D eigenvalue weighted by Gasteiger charge is 2.11. The number of rotatable bonds is 7. The van der Waals surface area contributed by atoms with Crippen LogP contribution in [0.25, 0.3) is 0 Å². The standard InChI is InChI=1S/C15H17FN4/c16-14-5-3-13(4-6-14)15(19-8-2-1-7-17)11-20-10-9-18-12-20/h3-6,9-10,12,15,19H,1-2,8,11H2. The van der Waals surface area contributed by atoms with Crippen molar-refractivity contribution in [2.75, 3.05) is 6.54 Å². The summed E-state index contributed by atoms with van der Waals surface area (Å²) in [6, 6.07) is 8.70. The first-order valence-electron chi connectivity index (χ1n) is 6.61. The van der Waals surface area contributed by atoms with Gasteiger partial charge in [-0.25, -0.2) is 9.37 Å². The van der Waals surface area contributed by atoms with E-state index in [1.165, 1.54) is 12.1 Å². The molecule has 104 valence electrons. The van der Waals surface area contributed by atoms with Gasteiger partial charge in [-0.15, -0.1) is 0 Å². The third-order valence-electron chi connectivity index (χ3n) is 3.08. The Morgan fingerprint density at radius 1 is 1.35 bits per heavy atom. The van der Waals surface area contributed by atoms with Crippen LogP contribution in [0.15, 0.2) is 43.0 Å². The fourth-order valence-corrected chi connectivity index (χ4v) is 2.03. The number of halogens is 1. The third kappa shape index (κ3) is 4.18. The van der Waals surface area contributed by atoms with Gasteiger partial charge in [0.2, 0.25) is 0 Å². The summed E-state index contributed by atoms with van der Waals surface area (Å²) in [5.41, 5.74) is 1.03. The maximum absolute atomic E-state index is 13.0. The number of imidazole rings is 1. The largest absolute Gasteiger partial charge is 0.336 e. The Labute approximate surface area is 117 Å². The summed E-state index contributed by atoms with van der Waals surface area (Å²) < 4.78 is 15.0. The number of nitrogens with zero attached hydrogens (tertiary/aromatic N) is 3. The van der Waals surface area contributed by atoms with E-state index in [1.807, 2.05) is 10.8 Å². The van der Waals surface area contributed by atoms with E-state index in [1.54, 1.807) is 24.7 Å². The molecule has 0 saturated heterocycles. The minimum absolute atomic E-state index is 0.0727. The molecule has 0 aliphatic heterocycles. The molecule has 0 bridgehead atoms. The highest BCUT2D eigenvalue weighted by Crippen LogP contribution is 2.16. The molecule has 1 atom stereocenters. The first kappa shape index (κ1) is 14.2. The van der Waals surface area contributed by atoms with E-state index in [2.05, 4.69) is 16.4 Å². The van der Waals surface area contributed by atoms with Crippen LogP contribution >= 0.6 is 0 Å². The van der Waals surface area contributed by atoms with Crippen LogP contribution in [0.4, 0.5) is 4.39 Å². The molecule has 0 fully saturated rings. The van der Waals surface area contributed by atoms with Crippen molar-refractivity contribution in [3.8, 4) is 6.07 Å². The number of hydrogen-bond donors (Lipinski definition) is 1. The first-order valence-corrected chi connectivity index (χ1v) is 6.61. The number of nitrogens with one attached hydrogen (secondary N) is 1. The number of unbranched alkanes of at least 4 members (excludes halogenated alkanes) is 1. The SMILES string of the molecule is N#CCCCNC(Cn1ccnc1)c1ccc(F)cc1. The maximum atomic E-state index is 13.0. The van der Waals surface area contributed by atoms with Gasteiger partial charge in [0.1, 0.15) is 5.82 Å². The van der Waals surface area contributed by atoms with Crippen molar-refractivity contribution >= 4 is 0 Å². The summed E-state index contributed by atoms with van der Waals surface area (Å²) in [4.78, 5) is 4.02. The minimum Gasteiger partial charge on any atom is -0.336 e. The summed E-state index contributed by atoms with van der Waals surface area (Å²) in [6.45, 7) is 1.47. The zero-order chi connectivity index (χ0) is 14.2. The maximum Gasteiger partial charge on any atom is 0.123 e. The molecule has 0 spiro atoms. The fraction of sp³-hybridized carbons (Fsp3) is 0.333. The van der Waals surface area contributed by atoms with Crippen LogP contribution in [0, 0.1) is 17.1 Å². The van der Waals surface area contributed by atoms with Crippen molar-refractivity contribution < 1.29 is 4.39 Å². The summed E-state index contributed by atoms with van der Waals surface area (Å²) in [6.07, 6.45) is 6.73. The number of benzene rings is 1. The van der Waals surface area contributed by atoms with E-state index in [9.17, 15) is 4.39 Å². The molecule has 1 heterocycles. The summed E-state index contributed by atoms with van der Waals surface area (Å²) in [5, 5.41) is 12.0. The minimum atomic E-state index is -0.236. The van der Waals surface area contributed by atoms with E-state index >= 15 is 0 Å². The topological polar surface area (TPSA) is 53.6 Å². The summed E-state index contributed by atoms with van der Waals surface area (Å²) in [5.74, 6) is -0.236. The molecule has 2 aromatic rings. The van der Waals surface area contributed by atoms with Crippen LogP contribution in [-0.4, -0.2) is 16.1 Å². The molecule has 0 radical (unpaired) electrons. The summed E-state index contributed by atoms with van der Waals surface area (Å²) in [7, 11) is 0. The second-order valence-electron chi connectivity index (χ2n) is 4.58. The Kier molecular flexibility index (Phi) is 5.27. The quantitative estimate of drug-likeness (QED) is 0.788. The molecular formula is C15H17FN4. The molecule has 2 rings (SSSR count). The Bertz CT molecular complexity index is 542. The molecule has 5 heteroatoms. The third-order valence-corrected chi connectivity index (χ3v) is 3.08. The van der Waals surface area contributed by atoms with Crippen LogP contribution in [0.5, 0.6) is 0 Å². The van der Waals surface area contributed by atoms with E-state index in [4.69, 9.17) is 5.26 Å². The van der Waals surface area contributed by atoms with Crippen LogP contribution in [0.2, 0.25) is 0 Å². The van der Waals surface area contributed by atoms with E-state index in [0.717, 1.165) is 25.1 Å². The van der Waals surface area contributed by atoms with Crippen molar-refractivity contribution in [3.63, 3.8) is 0 Å². The fourth-order valence-electron chi connectivity index (χ4n) is 2.03. The molecule has 0 amide bonds. The number of hydrogen-bond acceptors (Lipinski definition) is 3. The second-order valence-corrected chi connectivity index (χ2v) is 4.58. The van der Waals surface area contributed by atoms with E-state index < -0.39 is 0 Å². The van der Waals surface area contributed by atoms with Crippen LogP contribution < -0.4 is 5.32 Å². The molecule has 1 N–H and O–H groups in total. The van der Waals surface area contributed by atoms with Crippen molar-refractivity contribution in [3.05, 3.63) is 54.4 Å². The highest BCUT2D eigenvalue weighted by atomic mass is 19.1. The van der Waals surface area contributed by atoms with Crippen molar-refractivity contribution in [2.45, 2.75) is 25.4 Å². The van der Waals surface area contributed by atoms with Crippen molar-refractivity contribution in [1.82, 2.24) is 14.9 Å². The normalized spacial score (nSPS) is 12.0. The summed E-state index contributed by atoms with van der Waals surface area (Å²) >= 11 is 0. The van der Waals surface area contributed by atoms with Crippen LogP contribution in [0.3, 0.4) is 0 Å². The smallest absolute Gasteiger partial charge is 0.123 e. The average molecular weight is 272 g/mol. The lowest BCUT2D eigenvalue weighted by atomic mass is 10.1. The molecular weight excluding hydrogens is 255 g/mol. The number of nitriles is 1. The Morgan fingerprint density at radius 3 is 2.80 bits per heavy atom. The van der Waals surface area contributed by atoms with Gasteiger partial charge in [0, 0.05) is 25.4 Å². The van der Waals surface area contributed by atoms with Gasteiger partial charge >= 0.3 is 0 Å². The van der Waals surface area contributed by atoms with Gasteiger partial charge < -0.3 is 9.88 Å². The predicted octanol–water partition coefficient (Wildman–Crippen LogP) is 2.66.